The van der Waals surface area contributed by atoms with Crippen LogP contribution in [-0.2, 0) is 17.7 Å². The topological polar surface area (TPSA) is 101 Å². The Balaban J connectivity index is 1.27. The van der Waals surface area contributed by atoms with Crippen molar-refractivity contribution >= 4 is 23.5 Å². The van der Waals surface area contributed by atoms with E-state index in [0.717, 1.165) is 4.88 Å². The fraction of sp³-hybridized carbons (Fsp3) is 0.467. The maximum atomic E-state index is 12.3. The van der Waals surface area contributed by atoms with Gasteiger partial charge in [-0.3, -0.25) is 4.90 Å². The predicted octanol–water partition coefficient (Wildman–Crippen LogP) is 1.07. The monoisotopic (exact) mass is 363 g/mol. The predicted molar refractivity (Wildman–Crippen MR) is 87.1 cm³/mol. The van der Waals surface area contributed by atoms with E-state index in [1.807, 2.05) is 17.5 Å². The van der Waals surface area contributed by atoms with Gasteiger partial charge in [-0.15, -0.1) is 11.3 Å². The van der Waals surface area contributed by atoms with E-state index >= 15 is 0 Å². The molecule has 4 heterocycles. The molecule has 0 bridgehead atoms. The van der Waals surface area contributed by atoms with Crippen molar-refractivity contribution in [2.75, 3.05) is 26.2 Å². The van der Waals surface area contributed by atoms with Crippen LogP contribution < -0.4 is 5.32 Å². The summed E-state index contributed by atoms with van der Waals surface area (Å²) in [6.07, 6.45) is 0.321. The number of nitrogens with one attached hydrogen (secondary N) is 1. The summed E-state index contributed by atoms with van der Waals surface area (Å²) >= 11 is 1.64. The van der Waals surface area contributed by atoms with Crippen molar-refractivity contribution in [1.82, 2.24) is 25.3 Å². The molecule has 2 aromatic rings. The van der Waals surface area contributed by atoms with Crippen LogP contribution in [0.15, 0.2) is 22.0 Å². The van der Waals surface area contributed by atoms with Crippen molar-refractivity contribution in [3.05, 3.63) is 34.1 Å². The molecule has 0 radical (unpaired) electrons. The van der Waals surface area contributed by atoms with E-state index in [1.165, 1.54) is 0 Å². The van der Waals surface area contributed by atoms with Gasteiger partial charge in [-0.1, -0.05) is 11.2 Å². The van der Waals surface area contributed by atoms with Crippen molar-refractivity contribution in [3.63, 3.8) is 0 Å². The van der Waals surface area contributed by atoms with Gasteiger partial charge < -0.3 is 19.5 Å². The number of piperazine rings is 1. The van der Waals surface area contributed by atoms with Gasteiger partial charge in [0.25, 0.3) is 0 Å². The maximum Gasteiger partial charge on any atom is 0.410 e. The Labute approximate surface area is 147 Å². The van der Waals surface area contributed by atoms with Gasteiger partial charge in [0.1, 0.15) is 6.61 Å². The summed E-state index contributed by atoms with van der Waals surface area (Å²) in [4.78, 5) is 32.5. The Kier molecular flexibility index (Phi) is 4.26. The molecule has 2 aliphatic heterocycles. The van der Waals surface area contributed by atoms with Gasteiger partial charge in [0.15, 0.2) is 5.82 Å². The second-order valence-corrected chi connectivity index (χ2v) is 6.92. The van der Waals surface area contributed by atoms with Gasteiger partial charge in [0, 0.05) is 30.9 Å². The lowest BCUT2D eigenvalue weighted by Crippen LogP contribution is -2.55. The molecule has 4 rings (SSSR count). The number of carbonyl (C=O) groups excluding carboxylic acids is 2. The van der Waals surface area contributed by atoms with Crippen LogP contribution in [0.2, 0.25) is 0 Å². The van der Waals surface area contributed by atoms with Crippen LogP contribution in [0.25, 0.3) is 0 Å². The van der Waals surface area contributed by atoms with Gasteiger partial charge in [0.05, 0.1) is 12.6 Å². The van der Waals surface area contributed by atoms with Crippen LogP contribution >= 0.6 is 11.3 Å². The number of amides is 3. The van der Waals surface area contributed by atoms with Gasteiger partial charge in [-0.05, 0) is 11.4 Å². The van der Waals surface area contributed by atoms with Gasteiger partial charge in [0.2, 0.25) is 5.89 Å². The van der Waals surface area contributed by atoms with Crippen molar-refractivity contribution in [2.45, 2.75) is 19.0 Å². The second kappa shape index (κ2) is 6.71. The molecule has 2 aliphatic rings. The molecule has 0 spiro atoms. The largest absolute Gasteiger partial charge is 0.447 e. The minimum Gasteiger partial charge on any atom is -0.447 e. The molecule has 1 N–H and O–H groups in total. The number of rotatable bonds is 4. The lowest BCUT2D eigenvalue weighted by molar-refractivity contribution is 0.126. The van der Waals surface area contributed by atoms with Gasteiger partial charge >= 0.3 is 12.1 Å². The van der Waals surface area contributed by atoms with Crippen molar-refractivity contribution in [3.8, 4) is 0 Å². The molecule has 2 saturated heterocycles. The number of fused-ring (bicyclic) bond motifs is 1. The molecule has 9 nitrogen and oxygen atoms in total. The van der Waals surface area contributed by atoms with E-state index in [0.29, 0.717) is 44.4 Å². The lowest BCUT2D eigenvalue weighted by atomic mass is 10.2. The first-order chi connectivity index (χ1) is 12.2. The van der Waals surface area contributed by atoms with E-state index < -0.39 is 0 Å². The first-order valence-electron chi connectivity index (χ1n) is 7.99. The van der Waals surface area contributed by atoms with Gasteiger partial charge in [-0.25, -0.2) is 9.59 Å². The molecule has 132 valence electrons. The molecule has 0 aliphatic carbocycles. The number of hydrogen-bond donors (Lipinski definition) is 1. The first-order valence-corrected chi connectivity index (χ1v) is 8.87. The SMILES string of the molecule is O=C(NCc1nc(Cc2cccs2)no1)N1CCN2C(=O)OCC2C1. The average Bonchev–Trinajstić information content (AvgIpc) is 3.36. The third-order valence-corrected chi connectivity index (χ3v) is 5.09. The molecule has 25 heavy (non-hydrogen) atoms. The zero-order valence-corrected chi connectivity index (χ0v) is 14.2. The Morgan fingerprint density at radius 1 is 1.44 bits per heavy atom. The van der Waals surface area contributed by atoms with Crippen LogP contribution in [0.3, 0.4) is 0 Å². The molecule has 0 saturated carbocycles. The van der Waals surface area contributed by atoms with E-state index in [1.54, 1.807) is 21.1 Å². The highest BCUT2D eigenvalue weighted by atomic mass is 32.1. The molecule has 1 unspecified atom stereocenters. The number of ether oxygens (including phenoxy) is 1. The average molecular weight is 363 g/mol. The van der Waals surface area contributed by atoms with E-state index in [9.17, 15) is 9.59 Å². The summed E-state index contributed by atoms with van der Waals surface area (Å²) in [6.45, 7) is 1.94. The van der Waals surface area contributed by atoms with Crippen LogP contribution in [0.1, 0.15) is 16.6 Å². The van der Waals surface area contributed by atoms with Crippen LogP contribution in [0.5, 0.6) is 0 Å². The Hall–Kier alpha value is -2.62. The normalized spacial score (nSPS) is 19.7. The standard InChI is InChI=1S/C15H17N5O4S/c21-14(19-3-4-20-10(8-19)9-23-15(20)22)16-7-13-17-12(18-24-13)6-11-2-1-5-25-11/h1-2,5,10H,3-4,6-9H2,(H,16,21). The van der Waals surface area contributed by atoms with Crippen molar-refractivity contribution in [2.24, 2.45) is 0 Å². The highest BCUT2D eigenvalue weighted by molar-refractivity contribution is 7.09. The smallest absolute Gasteiger partial charge is 0.410 e. The number of cyclic esters (lactones) is 1. The Bertz CT molecular complexity index is 762. The Morgan fingerprint density at radius 2 is 2.36 bits per heavy atom. The fourth-order valence-electron chi connectivity index (χ4n) is 2.94. The third kappa shape index (κ3) is 3.43. The molecule has 10 heteroatoms. The summed E-state index contributed by atoms with van der Waals surface area (Å²) in [6, 6.07) is 3.72. The molecular weight excluding hydrogens is 346 g/mol. The second-order valence-electron chi connectivity index (χ2n) is 5.89. The number of nitrogens with zero attached hydrogens (tertiary/aromatic N) is 4. The fourth-order valence-corrected chi connectivity index (χ4v) is 3.64. The summed E-state index contributed by atoms with van der Waals surface area (Å²) in [5, 5.41) is 8.71. The highest BCUT2D eigenvalue weighted by Crippen LogP contribution is 2.18. The minimum absolute atomic E-state index is 0.0622. The molecule has 1 atom stereocenters. The summed E-state index contributed by atoms with van der Waals surface area (Å²) in [5.74, 6) is 0.972. The Morgan fingerprint density at radius 3 is 3.20 bits per heavy atom. The van der Waals surface area contributed by atoms with E-state index in [2.05, 4.69) is 15.5 Å². The van der Waals surface area contributed by atoms with E-state index in [-0.39, 0.29) is 24.7 Å². The van der Waals surface area contributed by atoms with Crippen molar-refractivity contribution in [1.29, 1.82) is 0 Å². The number of carbonyl (C=O) groups is 2. The summed E-state index contributed by atoms with van der Waals surface area (Å²) in [7, 11) is 0. The first kappa shape index (κ1) is 15.9. The number of aromatic nitrogens is 2. The highest BCUT2D eigenvalue weighted by Gasteiger charge is 2.38. The van der Waals surface area contributed by atoms with Crippen LogP contribution in [0, 0.1) is 0 Å². The quantitative estimate of drug-likeness (QED) is 0.872. The number of thiophene rings is 1. The molecule has 3 amide bonds. The lowest BCUT2D eigenvalue weighted by Gasteiger charge is -2.35. The molecular formula is C15H17N5O4S. The maximum absolute atomic E-state index is 12.3. The zero-order valence-electron chi connectivity index (χ0n) is 13.4. The van der Waals surface area contributed by atoms with Gasteiger partial charge in [-0.2, -0.15) is 4.98 Å². The van der Waals surface area contributed by atoms with Crippen LogP contribution in [-0.4, -0.2) is 64.3 Å². The summed E-state index contributed by atoms with van der Waals surface area (Å²) in [5.41, 5.74) is 0. The molecule has 2 aromatic heterocycles. The van der Waals surface area contributed by atoms with E-state index in [4.69, 9.17) is 9.26 Å². The molecule has 2 fully saturated rings. The zero-order chi connectivity index (χ0) is 17.2. The third-order valence-electron chi connectivity index (χ3n) is 4.22. The molecule has 0 aromatic carbocycles. The van der Waals surface area contributed by atoms with Crippen LogP contribution in [0.4, 0.5) is 9.59 Å². The number of urea groups is 1. The minimum atomic E-state index is -0.297. The van der Waals surface area contributed by atoms with Crippen molar-refractivity contribution < 1.29 is 18.8 Å². The number of hydrogen-bond acceptors (Lipinski definition) is 7. The summed E-state index contributed by atoms with van der Waals surface area (Å²) < 4.78 is 10.2.